The van der Waals surface area contributed by atoms with Crippen molar-refractivity contribution >= 4 is 10.9 Å². The quantitative estimate of drug-likeness (QED) is 0.877. The molecule has 0 aliphatic carbocycles. The summed E-state index contributed by atoms with van der Waals surface area (Å²) >= 11 is 0. The SMILES string of the molecule is Cc1ccc2[nH]c(=O)c(C[C@H](C)C#N)c(C)c2c1. The summed E-state index contributed by atoms with van der Waals surface area (Å²) in [5, 5.41) is 9.94. The van der Waals surface area contributed by atoms with Crippen LogP contribution in [0.5, 0.6) is 0 Å². The van der Waals surface area contributed by atoms with E-state index in [2.05, 4.69) is 17.1 Å². The first-order chi connectivity index (χ1) is 8.52. The lowest BCUT2D eigenvalue weighted by Gasteiger charge is -2.10. The molecule has 2 rings (SSSR count). The Labute approximate surface area is 106 Å². The van der Waals surface area contributed by atoms with Gasteiger partial charge in [0.25, 0.3) is 5.56 Å². The van der Waals surface area contributed by atoms with Crippen molar-refractivity contribution in [3.63, 3.8) is 0 Å². The molecule has 0 fully saturated rings. The Hall–Kier alpha value is -2.08. The van der Waals surface area contributed by atoms with E-state index in [-0.39, 0.29) is 11.5 Å². The molecular weight excluding hydrogens is 224 g/mol. The number of nitrogens with zero attached hydrogens (tertiary/aromatic N) is 1. The largest absolute Gasteiger partial charge is 0.322 e. The summed E-state index contributed by atoms with van der Waals surface area (Å²) in [6.07, 6.45) is 0.502. The molecule has 2 aromatic rings. The zero-order chi connectivity index (χ0) is 13.3. The second kappa shape index (κ2) is 4.66. The van der Waals surface area contributed by atoms with Crippen molar-refractivity contribution in [3.8, 4) is 6.07 Å². The van der Waals surface area contributed by atoms with Crippen LogP contribution in [-0.2, 0) is 6.42 Å². The minimum atomic E-state index is -0.146. The number of hydrogen-bond donors (Lipinski definition) is 1. The van der Waals surface area contributed by atoms with Gasteiger partial charge in [-0.05, 0) is 44.9 Å². The van der Waals surface area contributed by atoms with Crippen LogP contribution in [0.1, 0.15) is 23.6 Å². The second-order valence-corrected chi connectivity index (χ2v) is 4.84. The number of aromatic amines is 1. The Morgan fingerprint density at radius 2 is 2.11 bits per heavy atom. The summed E-state index contributed by atoms with van der Waals surface area (Å²) in [5.74, 6) is -0.146. The highest BCUT2D eigenvalue weighted by Gasteiger charge is 2.12. The predicted molar refractivity (Wildman–Crippen MR) is 72.5 cm³/mol. The first kappa shape index (κ1) is 12.4. The number of hydrogen-bond acceptors (Lipinski definition) is 2. The minimum Gasteiger partial charge on any atom is -0.322 e. The molecule has 92 valence electrons. The van der Waals surface area contributed by atoms with Gasteiger partial charge in [-0.3, -0.25) is 4.79 Å². The van der Waals surface area contributed by atoms with Crippen LogP contribution in [0.25, 0.3) is 10.9 Å². The molecule has 0 spiro atoms. The van der Waals surface area contributed by atoms with Crippen molar-refractivity contribution in [3.05, 3.63) is 45.2 Å². The number of H-pyrrole nitrogens is 1. The average molecular weight is 240 g/mol. The lowest BCUT2D eigenvalue weighted by atomic mass is 9.96. The van der Waals surface area contributed by atoms with Crippen LogP contribution in [0.15, 0.2) is 23.0 Å². The Bertz CT molecular complexity index is 692. The van der Waals surface area contributed by atoms with E-state index in [0.717, 1.165) is 27.6 Å². The van der Waals surface area contributed by atoms with Gasteiger partial charge in [-0.1, -0.05) is 11.6 Å². The molecule has 3 heteroatoms. The zero-order valence-corrected chi connectivity index (χ0v) is 10.9. The first-order valence-corrected chi connectivity index (χ1v) is 6.04. The van der Waals surface area contributed by atoms with Gasteiger partial charge in [0, 0.05) is 22.4 Å². The number of benzene rings is 1. The predicted octanol–water partition coefficient (Wildman–Crippen LogP) is 2.85. The molecule has 18 heavy (non-hydrogen) atoms. The van der Waals surface area contributed by atoms with E-state index in [0.29, 0.717) is 6.42 Å². The Kier molecular flexibility index (Phi) is 3.20. The third-order valence-corrected chi connectivity index (χ3v) is 3.28. The molecule has 0 aliphatic rings. The van der Waals surface area contributed by atoms with E-state index in [1.165, 1.54) is 0 Å². The van der Waals surface area contributed by atoms with E-state index in [9.17, 15) is 4.79 Å². The van der Waals surface area contributed by atoms with E-state index >= 15 is 0 Å². The minimum absolute atomic E-state index is 0.0778. The lowest BCUT2D eigenvalue weighted by Crippen LogP contribution is -2.17. The molecule has 1 N–H and O–H groups in total. The maximum Gasteiger partial charge on any atom is 0.251 e. The lowest BCUT2D eigenvalue weighted by molar-refractivity contribution is 0.729. The molecule has 0 saturated heterocycles. The molecule has 0 amide bonds. The number of pyridine rings is 1. The Morgan fingerprint density at radius 3 is 2.78 bits per heavy atom. The zero-order valence-electron chi connectivity index (χ0n) is 10.9. The van der Waals surface area contributed by atoms with Gasteiger partial charge < -0.3 is 4.98 Å². The van der Waals surface area contributed by atoms with Crippen molar-refractivity contribution in [2.24, 2.45) is 5.92 Å². The van der Waals surface area contributed by atoms with Crippen molar-refractivity contribution < 1.29 is 0 Å². The number of nitriles is 1. The van der Waals surface area contributed by atoms with Gasteiger partial charge >= 0.3 is 0 Å². The molecule has 0 bridgehead atoms. The first-order valence-electron chi connectivity index (χ1n) is 6.04. The summed E-state index contributed by atoms with van der Waals surface area (Å²) in [7, 11) is 0. The molecule has 0 unspecified atom stereocenters. The standard InChI is InChI=1S/C15H16N2O/c1-9-4-5-14-12(6-9)11(3)13(15(18)17-14)7-10(2)8-16/h4-6,10H,7H2,1-3H3,(H,17,18)/t10-/m0/s1. The monoisotopic (exact) mass is 240 g/mol. The summed E-state index contributed by atoms with van der Waals surface area (Å²) in [6.45, 7) is 5.82. The van der Waals surface area contributed by atoms with Crippen LogP contribution in [-0.4, -0.2) is 4.98 Å². The maximum absolute atomic E-state index is 12.0. The molecule has 1 atom stereocenters. The van der Waals surface area contributed by atoms with Gasteiger partial charge in [0.15, 0.2) is 0 Å². The molecule has 0 aliphatic heterocycles. The number of aryl methyl sites for hydroxylation is 2. The third kappa shape index (κ3) is 2.14. The van der Waals surface area contributed by atoms with Crippen LogP contribution in [0, 0.1) is 31.1 Å². The fraction of sp³-hybridized carbons (Fsp3) is 0.333. The fourth-order valence-corrected chi connectivity index (χ4v) is 2.21. The number of fused-ring (bicyclic) bond motifs is 1. The summed E-state index contributed by atoms with van der Waals surface area (Å²) in [6, 6.07) is 8.15. The highest BCUT2D eigenvalue weighted by Crippen LogP contribution is 2.20. The molecule has 1 aromatic heterocycles. The second-order valence-electron chi connectivity index (χ2n) is 4.84. The van der Waals surface area contributed by atoms with Gasteiger partial charge in [-0.2, -0.15) is 5.26 Å². The van der Waals surface area contributed by atoms with Crippen molar-refractivity contribution in [2.45, 2.75) is 27.2 Å². The van der Waals surface area contributed by atoms with Gasteiger partial charge in [0.05, 0.1) is 6.07 Å². The number of aromatic nitrogens is 1. The van der Waals surface area contributed by atoms with Crippen LogP contribution in [0.2, 0.25) is 0 Å². The Morgan fingerprint density at radius 1 is 1.39 bits per heavy atom. The number of rotatable bonds is 2. The van der Waals surface area contributed by atoms with Crippen LogP contribution < -0.4 is 5.56 Å². The molecule has 0 radical (unpaired) electrons. The van der Waals surface area contributed by atoms with E-state index in [1.54, 1.807) is 0 Å². The Balaban J connectivity index is 2.68. The number of nitrogens with one attached hydrogen (secondary N) is 1. The molecule has 3 nitrogen and oxygen atoms in total. The third-order valence-electron chi connectivity index (χ3n) is 3.28. The van der Waals surface area contributed by atoms with Crippen molar-refractivity contribution in [2.75, 3.05) is 0 Å². The van der Waals surface area contributed by atoms with Crippen LogP contribution in [0.4, 0.5) is 0 Å². The van der Waals surface area contributed by atoms with Gasteiger partial charge in [-0.25, -0.2) is 0 Å². The smallest absolute Gasteiger partial charge is 0.251 e. The topological polar surface area (TPSA) is 56.6 Å². The normalized spacial score (nSPS) is 12.3. The molecule has 0 saturated carbocycles. The molecule has 1 aromatic carbocycles. The highest BCUT2D eigenvalue weighted by molar-refractivity contribution is 5.83. The average Bonchev–Trinajstić information content (AvgIpc) is 2.35. The fourth-order valence-electron chi connectivity index (χ4n) is 2.21. The van der Waals surface area contributed by atoms with Gasteiger partial charge in [0.1, 0.15) is 0 Å². The highest BCUT2D eigenvalue weighted by atomic mass is 16.1. The summed E-state index contributed by atoms with van der Waals surface area (Å²) in [5.41, 5.74) is 3.65. The van der Waals surface area contributed by atoms with Crippen molar-refractivity contribution in [1.29, 1.82) is 5.26 Å². The van der Waals surface area contributed by atoms with E-state index < -0.39 is 0 Å². The van der Waals surface area contributed by atoms with E-state index in [1.807, 2.05) is 32.9 Å². The summed E-state index contributed by atoms with van der Waals surface area (Å²) in [4.78, 5) is 14.9. The molecule has 1 heterocycles. The van der Waals surface area contributed by atoms with Crippen LogP contribution in [0.3, 0.4) is 0 Å². The van der Waals surface area contributed by atoms with E-state index in [4.69, 9.17) is 5.26 Å². The van der Waals surface area contributed by atoms with Crippen molar-refractivity contribution in [1.82, 2.24) is 4.98 Å². The summed E-state index contributed by atoms with van der Waals surface area (Å²) < 4.78 is 0. The molecular formula is C15H16N2O. The van der Waals surface area contributed by atoms with Gasteiger partial charge in [0.2, 0.25) is 0 Å². The van der Waals surface area contributed by atoms with Crippen LogP contribution >= 0.6 is 0 Å². The van der Waals surface area contributed by atoms with Gasteiger partial charge in [-0.15, -0.1) is 0 Å². The maximum atomic E-state index is 12.0.